The van der Waals surface area contributed by atoms with Crippen LogP contribution in [0.4, 0.5) is 10.5 Å². The van der Waals surface area contributed by atoms with E-state index in [1.807, 2.05) is 30.3 Å². The lowest BCUT2D eigenvalue weighted by molar-refractivity contribution is 0.216. The van der Waals surface area contributed by atoms with Crippen LogP contribution in [-0.2, 0) is 15.6 Å². The molecule has 2 aromatic carbocycles. The Hall–Kier alpha value is -2.54. The zero-order valence-electron chi connectivity index (χ0n) is 15.0. The van der Waals surface area contributed by atoms with Gasteiger partial charge in [-0.2, -0.15) is 0 Å². The van der Waals surface area contributed by atoms with Gasteiger partial charge in [-0.15, -0.1) is 0 Å². The molecule has 0 heterocycles. The number of amides is 2. The van der Waals surface area contributed by atoms with Gasteiger partial charge in [0.25, 0.3) is 0 Å². The molecule has 0 saturated heterocycles. The first-order valence-corrected chi connectivity index (χ1v) is 10.4. The van der Waals surface area contributed by atoms with Crippen LogP contribution in [0.2, 0.25) is 0 Å². The van der Waals surface area contributed by atoms with Gasteiger partial charge in [0.15, 0.2) is 9.84 Å². The molecule has 6 nitrogen and oxygen atoms in total. The van der Waals surface area contributed by atoms with Crippen molar-refractivity contribution in [1.29, 1.82) is 0 Å². The predicted molar refractivity (Wildman–Crippen MR) is 103 cm³/mol. The molecule has 7 heteroatoms. The number of carbonyl (C=O) groups excluding carboxylic acids is 1. The normalized spacial score (nSPS) is 11.0. The maximum atomic E-state index is 12.2. The van der Waals surface area contributed by atoms with Crippen LogP contribution in [0.3, 0.4) is 0 Å². The van der Waals surface area contributed by atoms with Crippen LogP contribution in [0.25, 0.3) is 0 Å². The third-order valence-electron chi connectivity index (χ3n) is 3.60. The summed E-state index contributed by atoms with van der Waals surface area (Å²) in [5.74, 6) is 0.755. The van der Waals surface area contributed by atoms with E-state index in [4.69, 9.17) is 4.74 Å². The first-order valence-electron chi connectivity index (χ1n) is 8.30. The van der Waals surface area contributed by atoms with Gasteiger partial charge in [-0.25, -0.2) is 13.2 Å². The van der Waals surface area contributed by atoms with Crippen LogP contribution in [0.15, 0.2) is 54.6 Å². The maximum absolute atomic E-state index is 12.2. The van der Waals surface area contributed by atoms with E-state index in [1.165, 1.54) is 6.26 Å². The van der Waals surface area contributed by atoms with E-state index in [2.05, 4.69) is 5.32 Å². The monoisotopic (exact) mass is 376 g/mol. The molecule has 1 N–H and O–H groups in total. The molecule has 2 rings (SSSR count). The molecule has 26 heavy (non-hydrogen) atoms. The Balaban J connectivity index is 1.78. The molecule has 0 fully saturated rings. The number of anilines is 1. The predicted octanol–water partition coefficient (Wildman–Crippen LogP) is 3.16. The molecule has 0 spiro atoms. The third-order valence-corrected chi connectivity index (χ3v) is 4.46. The molecule has 0 bridgehead atoms. The molecular weight excluding hydrogens is 352 g/mol. The Morgan fingerprint density at radius 3 is 2.54 bits per heavy atom. The minimum atomic E-state index is -3.11. The Labute approximate surface area is 154 Å². The van der Waals surface area contributed by atoms with Gasteiger partial charge in [0.2, 0.25) is 0 Å². The van der Waals surface area contributed by atoms with Crippen LogP contribution in [-0.4, -0.2) is 45.8 Å². The summed E-state index contributed by atoms with van der Waals surface area (Å²) in [6.07, 6.45) is 1.89. The SMILES string of the molecule is CN(CCCOc1ccccc1)C(=O)Nc1cccc(CS(C)(=O)=O)c1. The molecule has 0 radical (unpaired) electrons. The number of hydrogen-bond acceptors (Lipinski definition) is 4. The molecule has 2 aromatic rings. The zero-order valence-corrected chi connectivity index (χ0v) is 15.8. The molecule has 0 unspecified atom stereocenters. The van der Waals surface area contributed by atoms with E-state index in [-0.39, 0.29) is 11.8 Å². The van der Waals surface area contributed by atoms with Crippen molar-refractivity contribution in [3.05, 3.63) is 60.2 Å². The fraction of sp³-hybridized carbons (Fsp3) is 0.316. The lowest BCUT2D eigenvalue weighted by Gasteiger charge is -2.18. The minimum absolute atomic E-state index is 0.0522. The summed E-state index contributed by atoms with van der Waals surface area (Å²) >= 11 is 0. The lowest BCUT2D eigenvalue weighted by atomic mass is 10.2. The number of rotatable bonds is 8. The highest BCUT2D eigenvalue weighted by Crippen LogP contribution is 2.14. The smallest absolute Gasteiger partial charge is 0.321 e. The van der Waals surface area contributed by atoms with Gasteiger partial charge < -0.3 is 15.0 Å². The Kier molecular flexibility index (Phi) is 7.03. The number of benzene rings is 2. The Morgan fingerprint density at radius 2 is 1.85 bits per heavy atom. The second kappa shape index (κ2) is 9.24. The third kappa shape index (κ3) is 7.14. The summed E-state index contributed by atoms with van der Waals surface area (Å²) < 4.78 is 28.4. The molecule has 0 aliphatic rings. The van der Waals surface area contributed by atoms with E-state index in [1.54, 1.807) is 36.2 Å². The number of sulfone groups is 1. The molecule has 2 amide bonds. The van der Waals surface area contributed by atoms with Gasteiger partial charge in [-0.05, 0) is 36.2 Å². The van der Waals surface area contributed by atoms with Crippen LogP contribution in [0, 0.1) is 0 Å². The van der Waals surface area contributed by atoms with Crippen molar-refractivity contribution in [2.45, 2.75) is 12.2 Å². The number of carbonyl (C=O) groups is 1. The van der Waals surface area contributed by atoms with Gasteiger partial charge in [-0.3, -0.25) is 0 Å². The number of nitrogens with one attached hydrogen (secondary N) is 1. The van der Waals surface area contributed by atoms with Crippen molar-refractivity contribution >= 4 is 21.6 Å². The Morgan fingerprint density at radius 1 is 1.12 bits per heavy atom. The first kappa shape index (κ1) is 19.8. The number of ether oxygens (including phenoxy) is 1. The van der Waals surface area contributed by atoms with E-state index in [0.717, 1.165) is 5.75 Å². The highest BCUT2D eigenvalue weighted by molar-refractivity contribution is 7.89. The summed E-state index contributed by atoms with van der Waals surface area (Å²) in [7, 11) is -1.41. The molecule has 140 valence electrons. The summed E-state index contributed by atoms with van der Waals surface area (Å²) in [6, 6.07) is 16.1. The summed E-state index contributed by atoms with van der Waals surface area (Å²) in [5.41, 5.74) is 1.22. The molecular formula is C19H24N2O4S. The fourth-order valence-corrected chi connectivity index (χ4v) is 3.16. The van der Waals surface area contributed by atoms with Crippen molar-refractivity contribution in [3.8, 4) is 5.75 Å². The summed E-state index contributed by atoms with van der Waals surface area (Å²) in [5, 5.41) is 2.78. The molecule has 0 aliphatic heterocycles. The average Bonchev–Trinajstić information content (AvgIpc) is 2.58. The Bertz CT molecular complexity index is 822. The van der Waals surface area contributed by atoms with Crippen molar-refractivity contribution < 1.29 is 17.9 Å². The largest absolute Gasteiger partial charge is 0.494 e. The van der Waals surface area contributed by atoms with Gasteiger partial charge >= 0.3 is 6.03 Å². The van der Waals surface area contributed by atoms with Crippen molar-refractivity contribution in [3.63, 3.8) is 0 Å². The summed E-state index contributed by atoms with van der Waals surface area (Å²) in [6.45, 7) is 1.06. The van der Waals surface area contributed by atoms with Crippen molar-refractivity contribution in [1.82, 2.24) is 4.90 Å². The number of nitrogens with zero attached hydrogens (tertiary/aromatic N) is 1. The van der Waals surface area contributed by atoms with Gasteiger partial charge in [-0.1, -0.05) is 30.3 Å². The van der Waals surface area contributed by atoms with Gasteiger partial charge in [0.1, 0.15) is 5.75 Å². The molecule has 0 atom stereocenters. The van der Waals surface area contributed by atoms with E-state index >= 15 is 0 Å². The minimum Gasteiger partial charge on any atom is -0.494 e. The fourth-order valence-electron chi connectivity index (χ4n) is 2.37. The summed E-state index contributed by atoms with van der Waals surface area (Å²) in [4.78, 5) is 13.8. The van der Waals surface area contributed by atoms with Crippen LogP contribution < -0.4 is 10.1 Å². The quantitative estimate of drug-likeness (QED) is 0.718. The second-order valence-corrected chi connectivity index (χ2v) is 8.28. The van der Waals surface area contributed by atoms with E-state index < -0.39 is 9.84 Å². The van der Waals surface area contributed by atoms with Crippen molar-refractivity contribution in [2.24, 2.45) is 0 Å². The first-order chi connectivity index (χ1) is 12.3. The topological polar surface area (TPSA) is 75.7 Å². The number of hydrogen-bond donors (Lipinski definition) is 1. The lowest BCUT2D eigenvalue weighted by Crippen LogP contribution is -2.32. The van der Waals surface area contributed by atoms with Gasteiger partial charge in [0, 0.05) is 25.5 Å². The molecule has 0 saturated carbocycles. The van der Waals surface area contributed by atoms with E-state index in [9.17, 15) is 13.2 Å². The van der Waals surface area contributed by atoms with Gasteiger partial charge in [0.05, 0.1) is 12.4 Å². The maximum Gasteiger partial charge on any atom is 0.321 e. The molecule has 0 aromatic heterocycles. The highest BCUT2D eigenvalue weighted by atomic mass is 32.2. The number of para-hydroxylation sites is 1. The molecule has 0 aliphatic carbocycles. The van der Waals surface area contributed by atoms with Crippen LogP contribution in [0.1, 0.15) is 12.0 Å². The number of urea groups is 1. The highest BCUT2D eigenvalue weighted by Gasteiger charge is 2.10. The second-order valence-electron chi connectivity index (χ2n) is 6.14. The average molecular weight is 376 g/mol. The standard InChI is InChI=1S/C19H24N2O4S/c1-21(12-7-13-25-18-10-4-3-5-11-18)19(22)20-17-9-6-8-16(14-17)15-26(2,23)24/h3-6,8-11,14H,7,12-13,15H2,1-2H3,(H,20,22). The van der Waals surface area contributed by atoms with Crippen molar-refractivity contribution in [2.75, 3.05) is 31.8 Å². The van der Waals surface area contributed by atoms with Crippen LogP contribution >= 0.6 is 0 Å². The van der Waals surface area contributed by atoms with Crippen LogP contribution in [0.5, 0.6) is 5.75 Å². The zero-order chi connectivity index (χ0) is 19.0. The van der Waals surface area contributed by atoms with E-state index in [0.29, 0.717) is 30.8 Å².